The van der Waals surface area contributed by atoms with Gasteiger partial charge in [0.05, 0.1) is 12.7 Å². The first kappa shape index (κ1) is 23.7. The second kappa shape index (κ2) is 13.8. The summed E-state index contributed by atoms with van der Waals surface area (Å²) < 4.78 is 5.99. The van der Waals surface area contributed by atoms with Crippen molar-refractivity contribution in [3.05, 3.63) is 35.4 Å². The molecule has 1 aliphatic carbocycles. The van der Waals surface area contributed by atoms with Crippen molar-refractivity contribution >= 4 is 35.8 Å². The summed E-state index contributed by atoms with van der Waals surface area (Å²) in [6.45, 7) is 2.03. The smallest absolute Gasteiger partial charge is 0.251 e. The number of amides is 1. The minimum absolute atomic E-state index is 0. The third-order valence-corrected chi connectivity index (χ3v) is 4.65. The first-order valence-electron chi connectivity index (χ1n) is 9.60. The molecule has 6 nitrogen and oxygen atoms in total. The zero-order valence-electron chi connectivity index (χ0n) is 16.4. The molecule has 0 aliphatic heterocycles. The summed E-state index contributed by atoms with van der Waals surface area (Å²) in [5.41, 5.74) is 1.69. The molecular weight excluding hydrogens is 455 g/mol. The molecule has 7 heteroatoms. The van der Waals surface area contributed by atoms with Crippen LogP contribution in [0.15, 0.2) is 29.3 Å². The number of carbonyl (C=O) groups excluding carboxylic acids is 1. The largest absolute Gasteiger partial charge is 0.376 e. The topological polar surface area (TPSA) is 74.8 Å². The molecule has 0 saturated heterocycles. The van der Waals surface area contributed by atoms with Gasteiger partial charge >= 0.3 is 0 Å². The van der Waals surface area contributed by atoms with Crippen molar-refractivity contribution in [2.45, 2.75) is 51.2 Å². The van der Waals surface area contributed by atoms with E-state index in [-0.39, 0.29) is 29.9 Å². The summed E-state index contributed by atoms with van der Waals surface area (Å²) in [6.07, 6.45) is 8.06. The van der Waals surface area contributed by atoms with Gasteiger partial charge < -0.3 is 20.7 Å². The van der Waals surface area contributed by atoms with Crippen molar-refractivity contribution < 1.29 is 9.53 Å². The Balaban J connectivity index is 0.00000364. The van der Waals surface area contributed by atoms with Crippen LogP contribution in [0, 0.1) is 0 Å². The van der Waals surface area contributed by atoms with Gasteiger partial charge in [0.25, 0.3) is 5.91 Å². The van der Waals surface area contributed by atoms with Gasteiger partial charge in [-0.25, -0.2) is 0 Å². The minimum atomic E-state index is -0.0787. The molecule has 1 saturated carbocycles. The molecule has 0 atom stereocenters. The van der Waals surface area contributed by atoms with Crippen molar-refractivity contribution in [3.63, 3.8) is 0 Å². The number of aliphatic imine (C=N–C) groups is 1. The monoisotopic (exact) mass is 488 g/mol. The molecule has 1 aromatic rings. The fraction of sp³-hybridized carbons (Fsp3) is 0.600. The van der Waals surface area contributed by atoms with E-state index in [1.54, 1.807) is 20.2 Å². The molecular formula is C20H33IN4O2. The van der Waals surface area contributed by atoms with Crippen LogP contribution in [0.3, 0.4) is 0 Å². The van der Waals surface area contributed by atoms with Gasteiger partial charge in [-0.2, -0.15) is 0 Å². The van der Waals surface area contributed by atoms with Crippen molar-refractivity contribution in [2.24, 2.45) is 4.99 Å². The lowest BCUT2D eigenvalue weighted by Crippen LogP contribution is -2.39. The van der Waals surface area contributed by atoms with Crippen LogP contribution in [0.25, 0.3) is 0 Å². The number of halogens is 1. The van der Waals surface area contributed by atoms with Gasteiger partial charge in [0.1, 0.15) is 0 Å². The maximum absolute atomic E-state index is 11.7. The highest BCUT2D eigenvalue weighted by Gasteiger charge is 2.12. The summed E-state index contributed by atoms with van der Waals surface area (Å²) in [4.78, 5) is 15.9. The highest BCUT2D eigenvalue weighted by atomic mass is 127. The quantitative estimate of drug-likeness (QED) is 0.181. The van der Waals surface area contributed by atoms with Gasteiger partial charge in [-0.05, 0) is 30.5 Å². The van der Waals surface area contributed by atoms with E-state index in [0.29, 0.717) is 24.8 Å². The van der Waals surface area contributed by atoms with Gasteiger partial charge in [-0.15, -0.1) is 24.0 Å². The predicted molar refractivity (Wildman–Crippen MR) is 121 cm³/mol. The summed E-state index contributed by atoms with van der Waals surface area (Å²) in [6, 6.07) is 7.56. The molecule has 1 amide bonds. The Labute approximate surface area is 179 Å². The van der Waals surface area contributed by atoms with E-state index in [9.17, 15) is 4.79 Å². The number of hydrogen-bond acceptors (Lipinski definition) is 3. The van der Waals surface area contributed by atoms with Crippen LogP contribution in [0.1, 0.15) is 54.4 Å². The molecule has 0 spiro atoms. The zero-order chi connectivity index (χ0) is 18.6. The first-order valence-corrected chi connectivity index (χ1v) is 9.60. The molecule has 152 valence electrons. The normalized spacial score (nSPS) is 15.4. The predicted octanol–water partition coefficient (Wildman–Crippen LogP) is 3.07. The average molecular weight is 488 g/mol. The summed E-state index contributed by atoms with van der Waals surface area (Å²) in [5.74, 6) is 0.657. The third kappa shape index (κ3) is 8.92. The van der Waals surface area contributed by atoms with Crippen molar-refractivity contribution in [2.75, 3.05) is 27.2 Å². The highest BCUT2D eigenvalue weighted by molar-refractivity contribution is 14.0. The third-order valence-electron chi connectivity index (χ3n) is 4.65. The molecule has 0 bridgehead atoms. The minimum Gasteiger partial charge on any atom is -0.376 e. The molecule has 0 radical (unpaired) electrons. The summed E-state index contributed by atoms with van der Waals surface area (Å²) in [5, 5.41) is 9.19. The average Bonchev–Trinajstić information content (AvgIpc) is 2.96. The maximum Gasteiger partial charge on any atom is 0.251 e. The van der Waals surface area contributed by atoms with Crippen LogP contribution in [0.4, 0.5) is 0 Å². The van der Waals surface area contributed by atoms with Crippen LogP contribution < -0.4 is 16.0 Å². The van der Waals surface area contributed by atoms with Crippen LogP contribution >= 0.6 is 24.0 Å². The first-order chi connectivity index (χ1) is 12.7. The second-order valence-electron chi connectivity index (χ2n) is 6.62. The van der Waals surface area contributed by atoms with Crippen LogP contribution in [-0.2, 0) is 11.3 Å². The van der Waals surface area contributed by atoms with Crippen LogP contribution in [0.5, 0.6) is 0 Å². The molecule has 0 heterocycles. The SMILES string of the molecule is CN=C(NCCOC1CCCCCC1)NCc1cccc(C(=O)NC)c1.I. The summed E-state index contributed by atoms with van der Waals surface area (Å²) in [7, 11) is 3.39. The number of guanidine groups is 1. The lowest BCUT2D eigenvalue weighted by atomic mass is 10.1. The molecule has 2 rings (SSSR count). The Kier molecular flexibility index (Phi) is 12.1. The number of nitrogens with one attached hydrogen (secondary N) is 3. The molecule has 1 fully saturated rings. The fourth-order valence-corrected chi connectivity index (χ4v) is 3.18. The number of hydrogen-bond donors (Lipinski definition) is 3. The number of benzene rings is 1. The molecule has 0 aromatic heterocycles. The summed E-state index contributed by atoms with van der Waals surface area (Å²) >= 11 is 0. The van der Waals surface area contributed by atoms with Gasteiger partial charge in [-0.3, -0.25) is 9.79 Å². The number of ether oxygens (including phenoxy) is 1. The lowest BCUT2D eigenvalue weighted by Gasteiger charge is -2.17. The standard InChI is InChI=1S/C20H32N4O2.HI/c1-21-19(25)17-9-7-8-16(14-17)15-24-20(22-2)23-12-13-26-18-10-5-3-4-6-11-18;/h7-9,14,18H,3-6,10-13,15H2,1-2H3,(H,21,25)(H2,22,23,24);1H. The molecule has 3 N–H and O–H groups in total. The van der Waals surface area contributed by atoms with Crippen molar-refractivity contribution in [3.8, 4) is 0 Å². The second-order valence-corrected chi connectivity index (χ2v) is 6.62. The van der Waals surface area contributed by atoms with E-state index in [1.165, 1.54) is 38.5 Å². The van der Waals surface area contributed by atoms with E-state index in [0.717, 1.165) is 18.1 Å². The van der Waals surface area contributed by atoms with Gasteiger partial charge in [-0.1, -0.05) is 37.8 Å². The highest BCUT2D eigenvalue weighted by Crippen LogP contribution is 2.19. The number of carbonyl (C=O) groups is 1. The Hall–Kier alpha value is -1.35. The fourth-order valence-electron chi connectivity index (χ4n) is 3.18. The van der Waals surface area contributed by atoms with Crippen LogP contribution in [-0.4, -0.2) is 45.2 Å². The number of rotatable bonds is 7. The number of nitrogens with zero attached hydrogens (tertiary/aromatic N) is 1. The lowest BCUT2D eigenvalue weighted by molar-refractivity contribution is 0.0468. The Morgan fingerprint density at radius 3 is 2.59 bits per heavy atom. The van der Waals surface area contributed by atoms with Crippen molar-refractivity contribution in [1.29, 1.82) is 0 Å². The molecule has 1 aromatic carbocycles. The van der Waals surface area contributed by atoms with E-state index >= 15 is 0 Å². The van der Waals surface area contributed by atoms with E-state index in [2.05, 4.69) is 20.9 Å². The maximum atomic E-state index is 11.7. The Morgan fingerprint density at radius 2 is 1.93 bits per heavy atom. The van der Waals surface area contributed by atoms with Gasteiger partial charge in [0.15, 0.2) is 5.96 Å². The van der Waals surface area contributed by atoms with E-state index in [1.807, 2.05) is 18.2 Å². The Morgan fingerprint density at radius 1 is 1.19 bits per heavy atom. The zero-order valence-corrected chi connectivity index (χ0v) is 18.8. The molecule has 1 aliphatic rings. The van der Waals surface area contributed by atoms with Crippen LogP contribution in [0.2, 0.25) is 0 Å². The van der Waals surface area contributed by atoms with Crippen molar-refractivity contribution in [1.82, 2.24) is 16.0 Å². The molecule has 0 unspecified atom stereocenters. The van der Waals surface area contributed by atoms with Gasteiger partial charge in [0.2, 0.25) is 0 Å². The Bertz CT molecular complexity index is 587. The molecule has 27 heavy (non-hydrogen) atoms. The van der Waals surface area contributed by atoms with Gasteiger partial charge in [0, 0.05) is 32.7 Å². The van der Waals surface area contributed by atoms with E-state index < -0.39 is 0 Å². The van der Waals surface area contributed by atoms with E-state index in [4.69, 9.17) is 4.74 Å².